The van der Waals surface area contributed by atoms with Gasteiger partial charge in [0.05, 0.1) is 18.6 Å². The molecule has 0 unspecified atom stereocenters. The van der Waals surface area contributed by atoms with Crippen LogP contribution in [-0.4, -0.2) is 26.7 Å². The zero-order valence-electron chi connectivity index (χ0n) is 9.47. The molecule has 0 radical (unpaired) electrons. The summed E-state index contributed by atoms with van der Waals surface area (Å²) in [6.45, 7) is 3.35. The highest BCUT2D eigenvalue weighted by Gasteiger charge is 2.05. The lowest BCUT2D eigenvalue weighted by molar-refractivity contribution is 0.375. The van der Waals surface area contributed by atoms with E-state index in [0.717, 1.165) is 18.7 Å². The Morgan fingerprint density at radius 3 is 3.06 bits per heavy atom. The normalized spacial score (nSPS) is 10.9. The summed E-state index contributed by atoms with van der Waals surface area (Å²) in [4.78, 5) is 8.48. The van der Waals surface area contributed by atoms with Gasteiger partial charge in [-0.15, -0.1) is 0 Å². The minimum absolute atomic E-state index is 0.597. The van der Waals surface area contributed by atoms with Crippen molar-refractivity contribution in [3.05, 3.63) is 29.9 Å². The van der Waals surface area contributed by atoms with Gasteiger partial charge in [-0.25, -0.2) is 4.98 Å². The summed E-state index contributed by atoms with van der Waals surface area (Å²) < 4.78 is 6.97. The van der Waals surface area contributed by atoms with Gasteiger partial charge in [0.1, 0.15) is 0 Å². The predicted molar refractivity (Wildman–Crippen MR) is 57.8 cm³/mol. The Kier molecular flexibility index (Phi) is 3.31. The lowest BCUT2D eigenvalue weighted by atomic mass is 10.4. The molecule has 2 rings (SSSR count). The molecule has 0 fully saturated rings. The Morgan fingerprint density at radius 1 is 1.50 bits per heavy atom. The molecule has 1 N–H and O–H groups in total. The van der Waals surface area contributed by atoms with Crippen LogP contribution in [0, 0.1) is 0 Å². The quantitative estimate of drug-likeness (QED) is 0.800. The smallest absolute Gasteiger partial charge is 0.226 e. The van der Waals surface area contributed by atoms with Gasteiger partial charge in [-0.3, -0.25) is 0 Å². The molecule has 0 aliphatic heterocycles. The van der Waals surface area contributed by atoms with Crippen LogP contribution >= 0.6 is 0 Å². The number of hydrogen-bond acceptors (Lipinski definition) is 5. The van der Waals surface area contributed by atoms with E-state index in [1.54, 1.807) is 6.33 Å². The van der Waals surface area contributed by atoms with Gasteiger partial charge in [-0.05, 0) is 7.05 Å². The second-order valence-corrected chi connectivity index (χ2v) is 3.53. The molecule has 0 aliphatic carbocycles. The molecule has 0 spiro atoms. The Morgan fingerprint density at radius 2 is 2.38 bits per heavy atom. The van der Waals surface area contributed by atoms with Gasteiger partial charge < -0.3 is 14.4 Å². The second-order valence-electron chi connectivity index (χ2n) is 3.53. The highest BCUT2D eigenvalue weighted by atomic mass is 16.5. The Balaban J connectivity index is 2.02. The third-order valence-corrected chi connectivity index (χ3v) is 2.18. The van der Waals surface area contributed by atoms with Gasteiger partial charge in [0.25, 0.3) is 0 Å². The fourth-order valence-electron chi connectivity index (χ4n) is 1.43. The average molecular weight is 221 g/mol. The molecule has 0 amide bonds. The van der Waals surface area contributed by atoms with Crippen molar-refractivity contribution in [1.82, 2.24) is 25.0 Å². The Hall–Kier alpha value is -1.69. The molecule has 6 nitrogen and oxygen atoms in total. The van der Waals surface area contributed by atoms with Crippen LogP contribution in [0.1, 0.15) is 24.3 Å². The van der Waals surface area contributed by atoms with Gasteiger partial charge in [0.2, 0.25) is 5.89 Å². The molecule has 0 aliphatic rings. The zero-order valence-corrected chi connectivity index (χ0v) is 9.47. The minimum Gasteiger partial charge on any atom is -0.339 e. The van der Waals surface area contributed by atoms with Crippen LogP contribution in [0.15, 0.2) is 17.0 Å². The highest BCUT2D eigenvalue weighted by Crippen LogP contribution is 2.02. The van der Waals surface area contributed by atoms with Crippen molar-refractivity contribution in [2.75, 3.05) is 7.05 Å². The number of nitrogens with zero attached hydrogens (tertiary/aromatic N) is 4. The number of nitrogens with one attached hydrogen (secondary N) is 1. The molecular formula is C10H15N5O. The van der Waals surface area contributed by atoms with Crippen molar-refractivity contribution >= 4 is 0 Å². The van der Waals surface area contributed by atoms with Crippen molar-refractivity contribution in [2.24, 2.45) is 0 Å². The van der Waals surface area contributed by atoms with Crippen LogP contribution in [0.25, 0.3) is 0 Å². The van der Waals surface area contributed by atoms with Gasteiger partial charge >= 0.3 is 0 Å². The Labute approximate surface area is 93.7 Å². The van der Waals surface area contributed by atoms with Crippen LogP contribution in [0.5, 0.6) is 0 Å². The zero-order chi connectivity index (χ0) is 11.4. The van der Waals surface area contributed by atoms with Gasteiger partial charge in [-0.2, -0.15) is 4.98 Å². The molecule has 16 heavy (non-hydrogen) atoms. The Bertz CT molecular complexity index is 448. The number of rotatable bonds is 5. The average Bonchev–Trinajstić information content (AvgIpc) is 2.89. The molecule has 0 saturated carbocycles. The SMILES string of the molecule is CCc1nc(Cn2cnc(CNC)c2)no1. The standard InChI is InChI=1S/C10H15N5O/c1-3-10-13-9(14-16-10)6-15-5-8(4-11-2)12-7-15/h5,7,11H,3-4,6H2,1-2H3. The van der Waals surface area contributed by atoms with Crippen LogP contribution in [0.2, 0.25) is 0 Å². The number of hydrogen-bond donors (Lipinski definition) is 1. The van der Waals surface area contributed by atoms with E-state index in [1.807, 2.05) is 24.7 Å². The predicted octanol–water partition coefficient (Wildman–Crippen LogP) is 0.596. The summed E-state index contributed by atoms with van der Waals surface area (Å²) >= 11 is 0. The summed E-state index contributed by atoms with van der Waals surface area (Å²) in [5, 5.41) is 6.94. The molecule has 0 bridgehead atoms. The van der Waals surface area contributed by atoms with E-state index < -0.39 is 0 Å². The van der Waals surface area contributed by atoms with Crippen LogP contribution < -0.4 is 5.32 Å². The first kappa shape index (κ1) is 10.8. The third kappa shape index (κ3) is 2.46. The molecule has 2 aromatic heterocycles. The van der Waals surface area contributed by atoms with E-state index in [1.165, 1.54) is 0 Å². The lowest BCUT2D eigenvalue weighted by Crippen LogP contribution is -2.05. The maximum atomic E-state index is 5.03. The summed E-state index contributed by atoms with van der Waals surface area (Å²) in [5.74, 6) is 1.36. The van der Waals surface area contributed by atoms with Crippen molar-refractivity contribution < 1.29 is 4.52 Å². The monoisotopic (exact) mass is 221 g/mol. The van der Waals surface area contributed by atoms with Gasteiger partial charge in [0, 0.05) is 19.2 Å². The second kappa shape index (κ2) is 4.89. The van der Waals surface area contributed by atoms with E-state index in [2.05, 4.69) is 20.4 Å². The third-order valence-electron chi connectivity index (χ3n) is 2.18. The van der Waals surface area contributed by atoms with Crippen LogP contribution in [-0.2, 0) is 19.5 Å². The topological polar surface area (TPSA) is 68.8 Å². The molecule has 86 valence electrons. The van der Waals surface area contributed by atoms with E-state index in [-0.39, 0.29) is 0 Å². The number of aryl methyl sites for hydroxylation is 1. The summed E-state index contributed by atoms with van der Waals surface area (Å²) in [6.07, 6.45) is 4.51. The molecule has 0 atom stereocenters. The largest absolute Gasteiger partial charge is 0.339 e. The van der Waals surface area contributed by atoms with Gasteiger partial charge in [0.15, 0.2) is 5.82 Å². The lowest BCUT2D eigenvalue weighted by Gasteiger charge is -1.95. The summed E-state index contributed by atoms with van der Waals surface area (Å²) in [6, 6.07) is 0. The fourth-order valence-corrected chi connectivity index (χ4v) is 1.43. The fraction of sp³-hybridized carbons (Fsp3) is 0.500. The van der Waals surface area contributed by atoms with Crippen molar-refractivity contribution in [3.8, 4) is 0 Å². The summed E-state index contributed by atoms with van der Waals surface area (Å²) in [5.41, 5.74) is 1.00. The molecule has 6 heteroatoms. The highest BCUT2D eigenvalue weighted by molar-refractivity contribution is 4.98. The molecular weight excluding hydrogens is 206 g/mol. The van der Waals surface area contributed by atoms with E-state index in [4.69, 9.17) is 4.52 Å². The van der Waals surface area contributed by atoms with Crippen molar-refractivity contribution in [3.63, 3.8) is 0 Å². The van der Waals surface area contributed by atoms with Crippen LogP contribution in [0.4, 0.5) is 0 Å². The van der Waals surface area contributed by atoms with Gasteiger partial charge in [-0.1, -0.05) is 12.1 Å². The minimum atomic E-state index is 0.597. The molecule has 0 saturated heterocycles. The first-order chi connectivity index (χ1) is 7.81. The van der Waals surface area contributed by atoms with E-state index >= 15 is 0 Å². The first-order valence-electron chi connectivity index (χ1n) is 5.28. The molecule has 2 aromatic rings. The van der Waals surface area contributed by atoms with E-state index in [0.29, 0.717) is 18.3 Å². The van der Waals surface area contributed by atoms with Crippen LogP contribution in [0.3, 0.4) is 0 Å². The maximum absolute atomic E-state index is 5.03. The van der Waals surface area contributed by atoms with Crippen molar-refractivity contribution in [2.45, 2.75) is 26.4 Å². The number of imidazole rings is 1. The molecule has 2 heterocycles. The maximum Gasteiger partial charge on any atom is 0.226 e. The first-order valence-corrected chi connectivity index (χ1v) is 5.28. The van der Waals surface area contributed by atoms with E-state index in [9.17, 15) is 0 Å². The van der Waals surface area contributed by atoms with Crippen molar-refractivity contribution in [1.29, 1.82) is 0 Å². The molecule has 0 aromatic carbocycles. The number of aromatic nitrogens is 4. The summed E-state index contributed by atoms with van der Waals surface area (Å²) in [7, 11) is 1.89.